The van der Waals surface area contributed by atoms with Crippen molar-refractivity contribution in [3.05, 3.63) is 29.8 Å². The quantitative estimate of drug-likeness (QED) is 0.689. The second kappa shape index (κ2) is 8.53. The van der Waals surface area contributed by atoms with Gasteiger partial charge in [0, 0.05) is 19.6 Å². The van der Waals surface area contributed by atoms with E-state index < -0.39 is 0 Å². The predicted octanol–water partition coefficient (Wildman–Crippen LogP) is 1.52. The third kappa shape index (κ3) is 5.19. The number of ether oxygens (including phenoxy) is 1. The monoisotopic (exact) mass is 251 g/mol. The number of para-hydroxylation sites is 1. The first kappa shape index (κ1) is 14.5. The summed E-state index contributed by atoms with van der Waals surface area (Å²) in [5.74, 6) is 0.859. The van der Waals surface area contributed by atoms with Gasteiger partial charge in [0.15, 0.2) is 0 Å². The molecule has 0 atom stereocenters. The van der Waals surface area contributed by atoms with Gasteiger partial charge >= 0.3 is 0 Å². The Hall–Kier alpha value is -1.55. The highest BCUT2D eigenvalue weighted by atomic mass is 16.5. The van der Waals surface area contributed by atoms with Crippen molar-refractivity contribution in [3.8, 4) is 5.75 Å². The van der Waals surface area contributed by atoms with Crippen molar-refractivity contribution in [1.82, 2.24) is 5.32 Å². The van der Waals surface area contributed by atoms with Gasteiger partial charge in [0.1, 0.15) is 5.75 Å². The van der Waals surface area contributed by atoms with Crippen molar-refractivity contribution in [3.63, 3.8) is 0 Å². The number of carbonyl (C=O) groups is 1. The lowest BCUT2D eigenvalue weighted by Gasteiger charge is -2.09. The van der Waals surface area contributed by atoms with Crippen LogP contribution in [-0.2, 0) is 11.2 Å². The highest BCUT2D eigenvalue weighted by molar-refractivity contribution is 5.76. The lowest BCUT2D eigenvalue weighted by Crippen LogP contribution is -2.25. The highest BCUT2D eigenvalue weighted by Crippen LogP contribution is 2.19. The van der Waals surface area contributed by atoms with Gasteiger partial charge in [-0.3, -0.25) is 4.79 Å². The Morgan fingerprint density at radius 1 is 1.39 bits per heavy atom. The molecule has 0 aliphatic rings. The van der Waals surface area contributed by atoms with Crippen molar-refractivity contribution in [1.29, 1.82) is 0 Å². The van der Waals surface area contributed by atoms with Gasteiger partial charge < -0.3 is 15.2 Å². The number of aliphatic hydroxyl groups excluding tert-OH is 1. The number of hydrogen-bond donors (Lipinski definition) is 2. The summed E-state index contributed by atoms with van der Waals surface area (Å²) in [6.45, 7) is 3.20. The molecule has 0 saturated carbocycles. The van der Waals surface area contributed by atoms with Gasteiger partial charge in [0.25, 0.3) is 0 Å². The van der Waals surface area contributed by atoms with Crippen molar-refractivity contribution in [2.75, 3.05) is 19.8 Å². The number of benzene rings is 1. The fourth-order valence-corrected chi connectivity index (χ4v) is 1.65. The van der Waals surface area contributed by atoms with E-state index in [-0.39, 0.29) is 12.5 Å². The molecule has 0 aliphatic carbocycles. The van der Waals surface area contributed by atoms with E-state index in [9.17, 15) is 4.79 Å². The second-order valence-electron chi connectivity index (χ2n) is 3.97. The van der Waals surface area contributed by atoms with Gasteiger partial charge in [0.05, 0.1) is 6.61 Å². The topological polar surface area (TPSA) is 58.6 Å². The van der Waals surface area contributed by atoms with Gasteiger partial charge in [-0.05, 0) is 31.4 Å². The molecule has 100 valence electrons. The van der Waals surface area contributed by atoms with E-state index in [0.29, 0.717) is 32.4 Å². The summed E-state index contributed by atoms with van der Waals surface area (Å²) in [4.78, 5) is 11.5. The lowest BCUT2D eigenvalue weighted by molar-refractivity contribution is -0.121. The summed E-state index contributed by atoms with van der Waals surface area (Å²) in [6, 6.07) is 7.77. The van der Waals surface area contributed by atoms with E-state index in [4.69, 9.17) is 9.84 Å². The largest absolute Gasteiger partial charge is 0.494 e. The molecule has 1 aromatic rings. The number of aryl methyl sites for hydroxylation is 1. The van der Waals surface area contributed by atoms with Crippen LogP contribution in [0.2, 0.25) is 0 Å². The fourth-order valence-electron chi connectivity index (χ4n) is 1.65. The summed E-state index contributed by atoms with van der Waals surface area (Å²) in [6.07, 6.45) is 1.71. The van der Waals surface area contributed by atoms with Crippen LogP contribution in [-0.4, -0.2) is 30.8 Å². The van der Waals surface area contributed by atoms with Gasteiger partial charge in [-0.2, -0.15) is 0 Å². The molecular formula is C14H21NO3. The molecule has 18 heavy (non-hydrogen) atoms. The van der Waals surface area contributed by atoms with Crippen LogP contribution in [0, 0.1) is 0 Å². The normalized spacial score (nSPS) is 10.1. The maximum absolute atomic E-state index is 11.5. The van der Waals surface area contributed by atoms with Crippen molar-refractivity contribution >= 4 is 5.91 Å². The van der Waals surface area contributed by atoms with Crippen molar-refractivity contribution in [2.45, 2.75) is 26.2 Å². The van der Waals surface area contributed by atoms with Crippen molar-refractivity contribution in [2.24, 2.45) is 0 Å². The summed E-state index contributed by atoms with van der Waals surface area (Å²) < 4.78 is 5.50. The van der Waals surface area contributed by atoms with Gasteiger partial charge in [-0.25, -0.2) is 0 Å². The molecule has 0 aromatic heterocycles. The minimum atomic E-state index is 0.00903. The summed E-state index contributed by atoms with van der Waals surface area (Å²) in [5, 5.41) is 11.4. The smallest absolute Gasteiger partial charge is 0.220 e. The van der Waals surface area contributed by atoms with Crippen LogP contribution in [0.15, 0.2) is 24.3 Å². The first-order valence-electron chi connectivity index (χ1n) is 6.36. The SMILES string of the molecule is CCOc1ccccc1CCC(=O)NCCCO. The molecule has 1 rings (SSSR count). The zero-order chi connectivity index (χ0) is 13.2. The molecule has 4 heteroatoms. The van der Waals surface area contributed by atoms with Gasteiger partial charge in [-0.1, -0.05) is 18.2 Å². The molecule has 2 N–H and O–H groups in total. The Labute approximate surface area is 108 Å². The van der Waals surface area contributed by atoms with Crippen LogP contribution in [0.3, 0.4) is 0 Å². The Kier molecular flexibility index (Phi) is 6.87. The number of hydrogen-bond acceptors (Lipinski definition) is 3. The van der Waals surface area contributed by atoms with E-state index in [1.165, 1.54) is 0 Å². The second-order valence-corrected chi connectivity index (χ2v) is 3.97. The van der Waals surface area contributed by atoms with E-state index in [1.807, 2.05) is 31.2 Å². The molecule has 0 bridgehead atoms. The Bertz CT molecular complexity index is 366. The minimum Gasteiger partial charge on any atom is -0.494 e. The first-order valence-corrected chi connectivity index (χ1v) is 6.36. The molecule has 0 fully saturated rings. The van der Waals surface area contributed by atoms with Crippen molar-refractivity contribution < 1.29 is 14.6 Å². The van der Waals surface area contributed by atoms with Crippen LogP contribution >= 0.6 is 0 Å². The van der Waals surface area contributed by atoms with E-state index >= 15 is 0 Å². The molecule has 0 saturated heterocycles. The van der Waals surface area contributed by atoms with Crippen LogP contribution in [0.25, 0.3) is 0 Å². The molecule has 0 spiro atoms. The Morgan fingerprint density at radius 2 is 2.17 bits per heavy atom. The van der Waals surface area contributed by atoms with E-state index in [2.05, 4.69) is 5.32 Å². The molecule has 0 unspecified atom stereocenters. The molecule has 1 aromatic carbocycles. The molecule has 4 nitrogen and oxygen atoms in total. The summed E-state index contributed by atoms with van der Waals surface area (Å²) in [5.41, 5.74) is 1.05. The maximum atomic E-state index is 11.5. The number of amides is 1. The standard InChI is InChI=1S/C14H21NO3/c1-2-18-13-7-4-3-6-12(13)8-9-14(17)15-10-5-11-16/h3-4,6-7,16H,2,5,8-11H2,1H3,(H,15,17). The molecule has 1 amide bonds. The first-order chi connectivity index (χ1) is 8.77. The number of nitrogens with one attached hydrogen (secondary N) is 1. The number of carbonyl (C=O) groups excluding carboxylic acids is 1. The zero-order valence-electron chi connectivity index (χ0n) is 10.8. The zero-order valence-corrected chi connectivity index (χ0v) is 10.8. The molecule has 0 radical (unpaired) electrons. The maximum Gasteiger partial charge on any atom is 0.220 e. The summed E-state index contributed by atoms with van der Waals surface area (Å²) >= 11 is 0. The van der Waals surface area contributed by atoms with Crippen LogP contribution < -0.4 is 10.1 Å². The highest BCUT2D eigenvalue weighted by Gasteiger charge is 2.05. The van der Waals surface area contributed by atoms with E-state index in [0.717, 1.165) is 11.3 Å². The Balaban J connectivity index is 2.40. The molecular weight excluding hydrogens is 230 g/mol. The Morgan fingerprint density at radius 3 is 2.89 bits per heavy atom. The number of rotatable bonds is 8. The fraction of sp³-hybridized carbons (Fsp3) is 0.500. The molecule has 0 heterocycles. The lowest BCUT2D eigenvalue weighted by atomic mass is 10.1. The molecule has 0 aliphatic heterocycles. The summed E-state index contributed by atoms with van der Waals surface area (Å²) in [7, 11) is 0. The number of aliphatic hydroxyl groups is 1. The third-order valence-electron chi connectivity index (χ3n) is 2.55. The van der Waals surface area contributed by atoms with Crippen LogP contribution in [0.1, 0.15) is 25.3 Å². The van der Waals surface area contributed by atoms with Gasteiger partial charge in [-0.15, -0.1) is 0 Å². The third-order valence-corrected chi connectivity index (χ3v) is 2.55. The predicted molar refractivity (Wildman–Crippen MR) is 70.6 cm³/mol. The van der Waals surface area contributed by atoms with Gasteiger partial charge in [0.2, 0.25) is 5.91 Å². The average Bonchev–Trinajstić information content (AvgIpc) is 2.38. The average molecular weight is 251 g/mol. The van der Waals surface area contributed by atoms with E-state index in [1.54, 1.807) is 0 Å². The van der Waals surface area contributed by atoms with Crippen LogP contribution in [0.5, 0.6) is 5.75 Å². The van der Waals surface area contributed by atoms with Crippen LogP contribution in [0.4, 0.5) is 0 Å². The minimum absolute atomic E-state index is 0.00903.